The second-order valence-corrected chi connectivity index (χ2v) is 4.97. The molecule has 0 amide bonds. The second kappa shape index (κ2) is 5.33. The maximum Gasteiger partial charge on any atom is 0.146 e. The summed E-state index contributed by atoms with van der Waals surface area (Å²) in [5, 5.41) is 0. The molecule has 2 N–H and O–H groups in total. The Morgan fingerprint density at radius 1 is 1.19 bits per heavy atom. The Balaban J connectivity index is 2.12. The number of para-hydroxylation sites is 1. The number of anilines is 1. The minimum absolute atomic E-state index is 0.200. The first-order chi connectivity index (χ1) is 10.2. The van der Waals surface area contributed by atoms with Crippen molar-refractivity contribution in [1.29, 1.82) is 0 Å². The highest BCUT2D eigenvalue weighted by Crippen LogP contribution is 2.42. The molecule has 0 saturated heterocycles. The number of nitrogens with two attached hydrogens (primary N) is 1. The summed E-state index contributed by atoms with van der Waals surface area (Å²) in [5.74, 6) is -0.0769. The molecule has 1 aliphatic rings. The molecule has 0 radical (unpaired) electrons. The number of halogens is 2. The minimum atomic E-state index is -0.396. The molecular weight excluding hydrogens is 274 g/mol. The van der Waals surface area contributed by atoms with Gasteiger partial charge in [0.1, 0.15) is 17.4 Å². The largest absolute Gasteiger partial charge is 0.496 e. The zero-order chi connectivity index (χ0) is 15.0. The van der Waals surface area contributed by atoms with Crippen LogP contribution < -0.4 is 15.4 Å². The van der Waals surface area contributed by atoms with Gasteiger partial charge in [0, 0.05) is 24.2 Å². The number of nitrogens with zero attached hydrogens (tertiary/aromatic N) is 1. The van der Waals surface area contributed by atoms with Crippen LogP contribution >= 0.6 is 0 Å². The van der Waals surface area contributed by atoms with Crippen LogP contribution in [0.4, 0.5) is 14.5 Å². The summed E-state index contributed by atoms with van der Waals surface area (Å²) in [6.45, 7) is 0.574. The van der Waals surface area contributed by atoms with Gasteiger partial charge in [0.25, 0.3) is 0 Å². The Bertz CT molecular complexity index is 675. The molecule has 0 saturated carbocycles. The minimum Gasteiger partial charge on any atom is -0.496 e. The summed E-state index contributed by atoms with van der Waals surface area (Å²) in [6, 6.07) is 9.00. The van der Waals surface area contributed by atoms with Crippen LogP contribution in [0, 0.1) is 11.6 Å². The van der Waals surface area contributed by atoms with Gasteiger partial charge in [-0.15, -0.1) is 0 Å². The van der Waals surface area contributed by atoms with Gasteiger partial charge in [-0.2, -0.15) is 0 Å². The number of hydrogen-bond acceptors (Lipinski definition) is 3. The summed E-state index contributed by atoms with van der Waals surface area (Å²) in [4.78, 5) is 1.78. The fourth-order valence-electron chi connectivity index (χ4n) is 2.95. The van der Waals surface area contributed by atoms with Gasteiger partial charge in [0.05, 0.1) is 18.8 Å². The number of benzene rings is 2. The van der Waals surface area contributed by atoms with Gasteiger partial charge in [0.2, 0.25) is 0 Å². The van der Waals surface area contributed by atoms with Crippen molar-refractivity contribution in [2.24, 2.45) is 5.73 Å². The molecule has 1 aliphatic heterocycles. The first-order valence-electron chi connectivity index (χ1n) is 6.74. The molecule has 110 valence electrons. The Kier molecular flexibility index (Phi) is 3.51. The highest BCUT2D eigenvalue weighted by Gasteiger charge is 2.35. The monoisotopic (exact) mass is 290 g/mol. The van der Waals surface area contributed by atoms with E-state index in [1.807, 2.05) is 0 Å². The quantitative estimate of drug-likeness (QED) is 0.944. The third kappa shape index (κ3) is 2.14. The predicted molar refractivity (Wildman–Crippen MR) is 77.3 cm³/mol. The number of ether oxygens (including phenoxy) is 1. The van der Waals surface area contributed by atoms with Crippen LogP contribution in [0.25, 0.3) is 0 Å². The van der Waals surface area contributed by atoms with Gasteiger partial charge in [0.15, 0.2) is 0 Å². The molecule has 1 atom stereocenters. The van der Waals surface area contributed by atoms with Crippen LogP contribution in [0.1, 0.15) is 17.2 Å². The Hall–Kier alpha value is -2.14. The Labute approximate surface area is 121 Å². The van der Waals surface area contributed by atoms with E-state index in [1.54, 1.807) is 29.2 Å². The average molecular weight is 290 g/mol. The highest BCUT2D eigenvalue weighted by atomic mass is 19.1. The van der Waals surface area contributed by atoms with E-state index in [1.165, 1.54) is 19.2 Å². The van der Waals surface area contributed by atoms with Crippen molar-refractivity contribution in [1.82, 2.24) is 0 Å². The fourth-order valence-corrected chi connectivity index (χ4v) is 2.95. The van der Waals surface area contributed by atoms with Gasteiger partial charge >= 0.3 is 0 Å². The first kappa shape index (κ1) is 13.8. The predicted octanol–water partition coefficient (Wildman–Crippen LogP) is 2.99. The number of rotatable bonds is 3. The zero-order valence-corrected chi connectivity index (χ0v) is 11.6. The molecule has 0 spiro atoms. The maximum absolute atomic E-state index is 14.2. The number of fused-ring (bicyclic) bond motifs is 1. The Morgan fingerprint density at radius 2 is 1.95 bits per heavy atom. The van der Waals surface area contributed by atoms with Gasteiger partial charge in [-0.3, -0.25) is 0 Å². The molecule has 1 heterocycles. The molecule has 0 fully saturated rings. The smallest absolute Gasteiger partial charge is 0.146 e. The van der Waals surface area contributed by atoms with E-state index < -0.39 is 6.04 Å². The van der Waals surface area contributed by atoms with Crippen molar-refractivity contribution < 1.29 is 13.5 Å². The van der Waals surface area contributed by atoms with E-state index in [9.17, 15) is 8.78 Å². The number of methoxy groups -OCH3 is 1. The van der Waals surface area contributed by atoms with Crippen molar-refractivity contribution in [3.8, 4) is 5.75 Å². The third-order valence-corrected chi connectivity index (χ3v) is 3.90. The van der Waals surface area contributed by atoms with Crippen LogP contribution in [0.3, 0.4) is 0 Å². The molecule has 3 rings (SSSR count). The average Bonchev–Trinajstić information content (AvgIpc) is 2.88. The zero-order valence-electron chi connectivity index (χ0n) is 11.6. The standard InChI is InChI=1S/C16H16F2N2O/c1-21-15-7-6-12(18)16-10(15)9-20(14(16)8-19)13-5-3-2-4-11(13)17/h2-7,14H,8-9,19H2,1H3. The van der Waals surface area contributed by atoms with Crippen LogP contribution in [0.2, 0.25) is 0 Å². The summed E-state index contributed by atoms with van der Waals surface area (Å²) >= 11 is 0. The highest BCUT2D eigenvalue weighted by molar-refractivity contribution is 5.59. The topological polar surface area (TPSA) is 38.5 Å². The van der Waals surface area contributed by atoms with Gasteiger partial charge in [-0.1, -0.05) is 12.1 Å². The van der Waals surface area contributed by atoms with E-state index in [0.29, 0.717) is 23.5 Å². The SMILES string of the molecule is COc1ccc(F)c2c1CN(c1ccccc1F)C2CN. The van der Waals surface area contributed by atoms with E-state index in [-0.39, 0.29) is 18.2 Å². The fraction of sp³-hybridized carbons (Fsp3) is 0.250. The molecule has 0 aromatic heterocycles. The molecule has 21 heavy (non-hydrogen) atoms. The summed E-state index contributed by atoms with van der Waals surface area (Å²) in [7, 11) is 1.54. The molecule has 0 bridgehead atoms. The molecule has 3 nitrogen and oxygen atoms in total. The summed E-state index contributed by atoms with van der Waals surface area (Å²) < 4.78 is 33.5. The molecule has 2 aromatic carbocycles. The molecule has 0 aliphatic carbocycles. The van der Waals surface area contributed by atoms with Crippen LogP contribution in [-0.2, 0) is 6.54 Å². The van der Waals surface area contributed by atoms with E-state index in [2.05, 4.69) is 0 Å². The Morgan fingerprint density at radius 3 is 2.62 bits per heavy atom. The molecular formula is C16H16F2N2O. The van der Waals surface area contributed by atoms with Gasteiger partial charge in [-0.25, -0.2) is 8.78 Å². The summed E-state index contributed by atoms with van der Waals surface area (Å²) in [6.07, 6.45) is 0. The molecule has 5 heteroatoms. The molecule has 1 unspecified atom stereocenters. The second-order valence-electron chi connectivity index (χ2n) is 4.97. The van der Waals surface area contributed by atoms with Crippen molar-refractivity contribution in [3.05, 3.63) is 59.2 Å². The first-order valence-corrected chi connectivity index (χ1v) is 6.74. The molecule has 2 aromatic rings. The van der Waals surface area contributed by atoms with Crippen LogP contribution in [-0.4, -0.2) is 13.7 Å². The summed E-state index contributed by atoms with van der Waals surface area (Å²) in [5.41, 5.74) is 7.47. The van der Waals surface area contributed by atoms with Crippen LogP contribution in [0.5, 0.6) is 5.75 Å². The van der Waals surface area contributed by atoms with Gasteiger partial charge < -0.3 is 15.4 Å². The van der Waals surface area contributed by atoms with Crippen LogP contribution in [0.15, 0.2) is 36.4 Å². The van der Waals surface area contributed by atoms with E-state index >= 15 is 0 Å². The lowest BCUT2D eigenvalue weighted by molar-refractivity contribution is 0.409. The van der Waals surface area contributed by atoms with Crippen molar-refractivity contribution in [2.45, 2.75) is 12.6 Å². The van der Waals surface area contributed by atoms with Crippen molar-refractivity contribution in [2.75, 3.05) is 18.6 Å². The number of hydrogen-bond donors (Lipinski definition) is 1. The lowest BCUT2D eigenvalue weighted by atomic mass is 10.0. The van der Waals surface area contributed by atoms with Crippen molar-refractivity contribution in [3.63, 3.8) is 0 Å². The lowest BCUT2D eigenvalue weighted by Crippen LogP contribution is -2.28. The van der Waals surface area contributed by atoms with Gasteiger partial charge in [-0.05, 0) is 24.3 Å². The maximum atomic E-state index is 14.2. The van der Waals surface area contributed by atoms with E-state index in [0.717, 1.165) is 5.56 Å². The third-order valence-electron chi connectivity index (χ3n) is 3.90. The van der Waals surface area contributed by atoms with E-state index in [4.69, 9.17) is 10.5 Å². The lowest BCUT2D eigenvalue weighted by Gasteiger charge is -2.26. The van der Waals surface area contributed by atoms with Crippen molar-refractivity contribution >= 4 is 5.69 Å². The normalized spacial score (nSPS) is 17.0.